The summed E-state index contributed by atoms with van der Waals surface area (Å²) in [5.74, 6) is -0.405. The van der Waals surface area contributed by atoms with Gasteiger partial charge in [0.1, 0.15) is 0 Å². The number of anilines is 1. The van der Waals surface area contributed by atoms with E-state index < -0.39 is 5.91 Å². The highest BCUT2D eigenvalue weighted by Crippen LogP contribution is 2.22. The molecule has 0 aliphatic carbocycles. The molecule has 0 spiro atoms. The number of nitrogens with two attached hydrogens (primary N) is 1. The summed E-state index contributed by atoms with van der Waals surface area (Å²) in [5, 5.41) is 0.371. The van der Waals surface area contributed by atoms with Crippen LogP contribution in [-0.2, 0) is 4.79 Å². The molecule has 0 aliphatic rings. The maximum Gasteiger partial charge on any atom is 0.236 e. The second-order valence-corrected chi connectivity index (χ2v) is 3.71. The van der Waals surface area contributed by atoms with Gasteiger partial charge < -0.3 is 10.6 Å². The number of carbonyl (C=O) groups excluding carboxylic acids is 2. The molecule has 1 rings (SSSR count). The molecule has 1 amide bonds. The van der Waals surface area contributed by atoms with Crippen LogP contribution in [0.25, 0.3) is 0 Å². The van der Waals surface area contributed by atoms with Crippen LogP contribution in [0.15, 0.2) is 18.2 Å². The molecule has 0 aliphatic heterocycles. The highest BCUT2D eigenvalue weighted by molar-refractivity contribution is 6.33. The molecule has 0 aromatic heterocycles. The number of nitrogens with zero attached hydrogens (tertiary/aromatic N) is 1. The lowest BCUT2D eigenvalue weighted by molar-refractivity contribution is -0.116. The Kier molecular flexibility index (Phi) is 4.31. The molecule has 0 unspecified atom stereocenters. The number of hydrogen-bond acceptors (Lipinski definition) is 3. The fraction of sp³-hybridized carbons (Fsp3) is 0.273. The Balaban J connectivity index is 2.97. The van der Waals surface area contributed by atoms with Crippen molar-refractivity contribution in [3.8, 4) is 0 Å². The van der Waals surface area contributed by atoms with Crippen LogP contribution in [-0.4, -0.2) is 25.3 Å². The predicted molar refractivity (Wildman–Crippen MR) is 63.9 cm³/mol. The van der Waals surface area contributed by atoms with Crippen molar-refractivity contribution in [2.45, 2.75) is 6.92 Å². The topological polar surface area (TPSA) is 63.4 Å². The summed E-state index contributed by atoms with van der Waals surface area (Å²) in [6.45, 7) is 2.68. The number of carbonyl (C=O) groups is 2. The van der Waals surface area contributed by atoms with Crippen molar-refractivity contribution < 1.29 is 9.59 Å². The molecule has 0 fully saturated rings. The summed E-state index contributed by atoms with van der Waals surface area (Å²) < 4.78 is 0. The van der Waals surface area contributed by atoms with E-state index in [0.717, 1.165) is 5.69 Å². The molecule has 1 aromatic rings. The van der Waals surface area contributed by atoms with E-state index in [1.807, 2.05) is 6.92 Å². The SMILES string of the molecule is CCN(CC(N)=O)c1ccc(C=O)c(Cl)c1. The molecule has 0 saturated carbocycles. The smallest absolute Gasteiger partial charge is 0.236 e. The Morgan fingerprint density at radius 1 is 1.56 bits per heavy atom. The first-order chi connectivity index (χ1) is 7.58. The van der Waals surface area contributed by atoms with Crippen LogP contribution in [0.2, 0.25) is 5.02 Å². The number of halogens is 1. The van der Waals surface area contributed by atoms with E-state index in [1.54, 1.807) is 23.1 Å². The molecule has 86 valence electrons. The number of rotatable bonds is 5. The molecule has 0 atom stereocenters. The summed E-state index contributed by atoms with van der Waals surface area (Å²) in [6.07, 6.45) is 0.691. The van der Waals surface area contributed by atoms with E-state index >= 15 is 0 Å². The van der Waals surface area contributed by atoms with Crippen molar-refractivity contribution in [1.29, 1.82) is 0 Å². The normalized spacial score (nSPS) is 9.88. The molecule has 0 bridgehead atoms. The second kappa shape index (κ2) is 5.51. The highest BCUT2D eigenvalue weighted by Gasteiger charge is 2.09. The summed E-state index contributed by atoms with van der Waals surface area (Å²) in [6, 6.07) is 5.01. The van der Waals surface area contributed by atoms with Crippen molar-refractivity contribution in [2.75, 3.05) is 18.0 Å². The van der Waals surface area contributed by atoms with Crippen molar-refractivity contribution in [3.05, 3.63) is 28.8 Å². The standard InChI is InChI=1S/C11H13ClN2O2/c1-2-14(6-11(13)16)9-4-3-8(7-15)10(12)5-9/h3-5,7H,2,6H2,1H3,(H2,13,16). The van der Waals surface area contributed by atoms with Crippen LogP contribution < -0.4 is 10.6 Å². The third-order valence-corrected chi connectivity index (χ3v) is 2.53. The average molecular weight is 241 g/mol. The number of benzene rings is 1. The summed E-state index contributed by atoms with van der Waals surface area (Å²) in [4.78, 5) is 23.2. The van der Waals surface area contributed by atoms with Gasteiger partial charge in [0.05, 0.1) is 11.6 Å². The Labute approximate surface area is 99.0 Å². The fourth-order valence-electron chi connectivity index (χ4n) is 1.38. The molecular formula is C11H13ClN2O2. The third-order valence-electron chi connectivity index (χ3n) is 2.20. The van der Waals surface area contributed by atoms with Crippen LogP contribution >= 0.6 is 11.6 Å². The average Bonchev–Trinajstić information content (AvgIpc) is 2.25. The first kappa shape index (κ1) is 12.5. The van der Waals surface area contributed by atoms with Gasteiger partial charge >= 0.3 is 0 Å². The van der Waals surface area contributed by atoms with Gasteiger partial charge in [-0.05, 0) is 25.1 Å². The summed E-state index contributed by atoms with van der Waals surface area (Å²) in [5.41, 5.74) is 6.34. The lowest BCUT2D eigenvalue weighted by atomic mass is 10.2. The van der Waals surface area contributed by atoms with E-state index in [4.69, 9.17) is 17.3 Å². The quantitative estimate of drug-likeness (QED) is 0.793. The van der Waals surface area contributed by atoms with E-state index in [-0.39, 0.29) is 6.54 Å². The lowest BCUT2D eigenvalue weighted by Gasteiger charge is -2.21. The third kappa shape index (κ3) is 2.97. The van der Waals surface area contributed by atoms with Gasteiger partial charge in [-0.25, -0.2) is 0 Å². The van der Waals surface area contributed by atoms with E-state index in [9.17, 15) is 9.59 Å². The van der Waals surface area contributed by atoms with Gasteiger partial charge in [0.2, 0.25) is 5.91 Å². The molecule has 0 radical (unpaired) electrons. The minimum absolute atomic E-state index is 0.132. The van der Waals surface area contributed by atoms with Gasteiger partial charge in [0, 0.05) is 17.8 Å². The van der Waals surface area contributed by atoms with Crippen molar-refractivity contribution in [3.63, 3.8) is 0 Å². The fourth-order valence-corrected chi connectivity index (χ4v) is 1.60. The minimum Gasteiger partial charge on any atom is -0.368 e. The van der Waals surface area contributed by atoms with Crippen LogP contribution in [0.5, 0.6) is 0 Å². The number of hydrogen-bond donors (Lipinski definition) is 1. The lowest BCUT2D eigenvalue weighted by Crippen LogP contribution is -2.33. The molecule has 16 heavy (non-hydrogen) atoms. The zero-order valence-electron chi connectivity index (χ0n) is 8.94. The van der Waals surface area contributed by atoms with Gasteiger partial charge in [-0.3, -0.25) is 9.59 Å². The highest BCUT2D eigenvalue weighted by atomic mass is 35.5. The minimum atomic E-state index is -0.405. The Morgan fingerprint density at radius 2 is 2.25 bits per heavy atom. The van der Waals surface area contributed by atoms with Crippen molar-refractivity contribution >= 4 is 29.5 Å². The first-order valence-corrected chi connectivity index (χ1v) is 5.24. The monoisotopic (exact) mass is 240 g/mol. The van der Waals surface area contributed by atoms with E-state index in [1.165, 1.54) is 0 Å². The zero-order valence-corrected chi connectivity index (χ0v) is 9.70. The molecule has 0 saturated heterocycles. The first-order valence-electron chi connectivity index (χ1n) is 4.86. The predicted octanol–water partition coefficient (Wildman–Crippen LogP) is 1.46. The van der Waals surface area contributed by atoms with Gasteiger partial charge in [-0.2, -0.15) is 0 Å². The van der Waals surface area contributed by atoms with Crippen LogP contribution in [0, 0.1) is 0 Å². The summed E-state index contributed by atoms with van der Waals surface area (Å²) >= 11 is 5.89. The van der Waals surface area contributed by atoms with Crippen LogP contribution in [0.1, 0.15) is 17.3 Å². The zero-order chi connectivity index (χ0) is 12.1. The van der Waals surface area contributed by atoms with Crippen molar-refractivity contribution in [2.24, 2.45) is 5.73 Å². The van der Waals surface area contributed by atoms with Crippen LogP contribution in [0.3, 0.4) is 0 Å². The number of likely N-dealkylation sites (N-methyl/N-ethyl adjacent to an activating group) is 1. The summed E-state index contributed by atoms with van der Waals surface area (Å²) in [7, 11) is 0. The van der Waals surface area contributed by atoms with E-state index in [0.29, 0.717) is 23.4 Å². The molecular weight excluding hydrogens is 228 g/mol. The Bertz CT molecular complexity index is 407. The van der Waals surface area contributed by atoms with Gasteiger partial charge in [-0.1, -0.05) is 11.6 Å². The maximum atomic E-state index is 10.8. The molecule has 4 nitrogen and oxygen atoms in total. The molecule has 2 N–H and O–H groups in total. The maximum absolute atomic E-state index is 10.8. The largest absolute Gasteiger partial charge is 0.368 e. The van der Waals surface area contributed by atoms with Gasteiger partial charge in [-0.15, -0.1) is 0 Å². The van der Waals surface area contributed by atoms with Crippen molar-refractivity contribution in [1.82, 2.24) is 0 Å². The Morgan fingerprint density at radius 3 is 2.69 bits per heavy atom. The number of primary amides is 1. The number of aldehydes is 1. The molecule has 5 heteroatoms. The van der Waals surface area contributed by atoms with E-state index in [2.05, 4.69) is 0 Å². The number of amides is 1. The van der Waals surface area contributed by atoms with Gasteiger partial charge in [0.25, 0.3) is 0 Å². The van der Waals surface area contributed by atoms with Gasteiger partial charge in [0.15, 0.2) is 6.29 Å². The molecule has 1 aromatic carbocycles. The molecule has 0 heterocycles. The Hall–Kier alpha value is -1.55. The van der Waals surface area contributed by atoms with Crippen LogP contribution in [0.4, 0.5) is 5.69 Å². The second-order valence-electron chi connectivity index (χ2n) is 3.30.